The van der Waals surface area contributed by atoms with Crippen LogP contribution in [-0.2, 0) is 4.79 Å². The minimum atomic E-state index is -0.856. The zero-order valence-corrected chi connectivity index (χ0v) is 10.9. The average molecular weight is 264 g/mol. The zero-order chi connectivity index (χ0) is 14.2. The lowest BCUT2D eigenvalue weighted by molar-refractivity contribution is -0.384. The molecule has 102 valence electrons. The molecule has 1 fully saturated rings. The molecule has 0 aliphatic carbocycles. The van der Waals surface area contributed by atoms with E-state index in [0.717, 1.165) is 5.56 Å². The van der Waals surface area contributed by atoms with E-state index in [1.165, 1.54) is 6.07 Å². The summed E-state index contributed by atoms with van der Waals surface area (Å²) in [4.78, 5) is 23.6. The molecule has 1 heterocycles. The van der Waals surface area contributed by atoms with Crippen molar-refractivity contribution >= 4 is 17.3 Å². The number of benzene rings is 1. The predicted molar refractivity (Wildman–Crippen MR) is 70.4 cm³/mol. The van der Waals surface area contributed by atoms with Gasteiger partial charge in [0.2, 0.25) is 0 Å². The molecule has 19 heavy (non-hydrogen) atoms. The minimum absolute atomic E-state index is 0.0280. The third kappa shape index (κ3) is 2.38. The van der Waals surface area contributed by atoms with Crippen LogP contribution in [0.15, 0.2) is 18.2 Å². The van der Waals surface area contributed by atoms with Gasteiger partial charge in [0, 0.05) is 19.2 Å². The summed E-state index contributed by atoms with van der Waals surface area (Å²) in [5.74, 6) is -0.856. The highest BCUT2D eigenvalue weighted by atomic mass is 16.6. The quantitative estimate of drug-likeness (QED) is 0.668. The molecule has 0 spiro atoms. The van der Waals surface area contributed by atoms with Gasteiger partial charge in [-0.2, -0.15) is 0 Å². The summed E-state index contributed by atoms with van der Waals surface area (Å²) in [5, 5.41) is 20.3. The Morgan fingerprint density at radius 1 is 1.53 bits per heavy atom. The second-order valence-corrected chi connectivity index (χ2v) is 5.29. The van der Waals surface area contributed by atoms with E-state index in [2.05, 4.69) is 0 Å². The normalized spacial score (nSPS) is 22.5. The number of anilines is 1. The van der Waals surface area contributed by atoms with Gasteiger partial charge in [0.15, 0.2) is 0 Å². The molecule has 1 aromatic rings. The molecule has 0 amide bonds. The number of hydrogen-bond acceptors (Lipinski definition) is 4. The number of nitro groups is 1. The van der Waals surface area contributed by atoms with Crippen molar-refractivity contribution in [2.45, 2.75) is 20.3 Å². The maximum atomic E-state index is 11.2. The molecule has 1 atom stereocenters. The van der Waals surface area contributed by atoms with Crippen LogP contribution in [0.25, 0.3) is 0 Å². The molecule has 1 aliphatic rings. The average Bonchev–Trinajstić information content (AvgIpc) is 2.73. The van der Waals surface area contributed by atoms with Crippen molar-refractivity contribution in [3.63, 3.8) is 0 Å². The molecule has 1 unspecified atom stereocenters. The third-order valence-corrected chi connectivity index (χ3v) is 3.66. The molecule has 0 bridgehead atoms. The van der Waals surface area contributed by atoms with Crippen molar-refractivity contribution in [2.75, 3.05) is 18.0 Å². The summed E-state index contributed by atoms with van der Waals surface area (Å²) in [5.41, 5.74) is 0.622. The Labute approximate surface area is 110 Å². The van der Waals surface area contributed by atoms with E-state index in [9.17, 15) is 20.0 Å². The van der Waals surface area contributed by atoms with Gasteiger partial charge in [-0.05, 0) is 31.9 Å². The molecule has 0 radical (unpaired) electrons. The molecule has 0 saturated carbocycles. The number of aryl methyl sites for hydroxylation is 1. The highest BCUT2D eigenvalue weighted by molar-refractivity contribution is 5.77. The predicted octanol–water partition coefficient (Wildman–Crippen LogP) is 2.20. The van der Waals surface area contributed by atoms with Crippen LogP contribution in [0.2, 0.25) is 0 Å². The largest absolute Gasteiger partial charge is 0.481 e. The van der Waals surface area contributed by atoms with Crippen LogP contribution in [0.3, 0.4) is 0 Å². The zero-order valence-electron chi connectivity index (χ0n) is 10.9. The Morgan fingerprint density at radius 2 is 2.21 bits per heavy atom. The number of nitro benzene ring substituents is 1. The van der Waals surface area contributed by atoms with Crippen molar-refractivity contribution in [3.05, 3.63) is 33.9 Å². The summed E-state index contributed by atoms with van der Waals surface area (Å²) >= 11 is 0. The summed E-state index contributed by atoms with van der Waals surface area (Å²) in [6, 6.07) is 4.90. The van der Waals surface area contributed by atoms with Crippen LogP contribution < -0.4 is 4.90 Å². The van der Waals surface area contributed by atoms with Crippen LogP contribution in [0, 0.1) is 22.5 Å². The molecule has 0 aromatic heterocycles. The number of carboxylic acid groups (broad SMARTS) is 1. The Hall–Kier alpha value is -2.11. The lowest BCUT2D eigenvalue weighted by atomic mass is 9.90. The summed E-state index contributed by atoms with van der Waals surface area (Å²) in [7, 11) is 0. The van der Waals surface area contributed by atoms with E-state index < -0.39 is 16.3 Å². The Kier molecular flexibility index (Phi) is 3.18. The second kappa shape index (κ2) is 4.53. The van der Waals surface area contributed by atoms with Crippen LogP contribution in [0.4, 0.5) is 11.4 Å². The Bertz CT molecular complexity index is 543. The maximum Gasteiger partial charge on any atom is 0.311 e. The molecular formula is C13H16N2O4. The van der Waals surface area contributed by atoms with Gasteiger partial charge < -0.3 is 10.0 Å². The highest BCUT2D eigenvalue weighted by Gasteiger charge is 2.41. The van der Waals surface area contributed by atoms with Gasteiger partial charge in [0.05, 0.1) is 10.3 Å². The summed E-state index contributed by atoms with van der Waals surface area (Å²) in [6.07, 6.45) is 0.493. The van der Waals surface area contributed by atoms with Crippen molar-refractivity contribution in [3.8, 4) is 0 Å². The van der Waals surface area contributed by atoms with Gasteiger partial charge in [0.25, 0.3) is 5.69 Å². The van der Waals surface area contributed by atoms with E-state index in [1.54, 1.807) is 24.0 Å². The van der Waals surface area contributed by atoms with Gasteiger partial charge in [-0.3, -0.25) is 14.9 Å². The van der Waals surface area contributed by atoms with Crippen molar-refractivity contribution < 1.29 is 14.8 Å². The number of carbonyl (C=O) groups is 1. The first kappa shape index (κ1) is 13.3. The lowest BCUT2D eigenvalue weighted by Gasteiger charge is -2.21. The molecule has 1 saturated heterocycles. The fourth-order valence-electron chi connectivity index (χ4n) is 2.38. The molecule has 6 heteroatoms. The first-order valence-corrected chi connectivity index (χ1v) is 6.07. The highest BCUT2D eigenvalue weighted by Crippen LogP contribution is 2.37. The first-order chi connectivity index (χ1) is 8.83. The van der Waals surface area contributed by atoms with Gasteiger partial charge in [-0.15, -0.1) is 0 Å². The fraction of sp³-hybridized carbons (Fsp3) is 0.462. The molecule has 1 N–H and O–H groups in total. The van der Waals surface area contributed by atoms with Gasteiger partial charge in [-0.25, -0.2) is 0 Å². The fourth-order valence-corrected chi connectivity index (χ4v) is 2.38. The van der Waals surface area contributed by atoms with E-state index in [0.29, 0.717) is 25.2 Å². The SMILES string of the molecule is Cc1ccc([N+](=O)[O-])c(N2CCC(C)(C(=O)O)C2)c1. The smallest absolute Gasteiger partial charge is 0.311 e. The van der Waals surface area contributed by atoms with Crippen molar-refractivity contribution in [1.82, 2.24) is 0 Å². The molecular weight excluding hydrogens is 248 g/mol. The van der Waals surface area contributed by atoms with E-state index in [4.69, 9.17) is 0 Å². The molecule has 2 rings (SSSR count). The number of aliphatic carboxylic acids is 1. The van der Waals surface area contributed by atoms with Crippen LogP contribution >= 0.6 is 0 Å². The Morgan fingerprint density at radius 3 is 2.74 bits per heavy atom. The standard InChI is InChI=1S/C13H16N2O4/c1-9-3-4-10(15(18)19)11(7-9)14-6-5-13(2,8-14)12(16)17/h3-4,7H,5-6,8H2,1-2H3,(H,16,17). The summed E-state index contributed by atoms with van der Waals surface area (Å²) < 4.78 is 0. The van der Waals surface area contributed by atoms with Crippen molar-refractivity contribution in [2.24, 2.45) is 5.41 Å². The monoisotopic (exact) mass is 264 g/mol. The molecule has 1 aliphatic heterocycles. The van der Waals surface area contributed by atoms with Gasteiger partial charge in [-0.1, -0.05) is 6.07 Å². The van der Waals surface area contributed by atoms with Gasteiger partial charge in [0.1, 0.15) is 5.69 Å². The molecule has 6 nitrogen and oxygen atoms in total. The van der Waals surface area contributed by atoms with Crippen LogP contribution in [-0.4, -0.2) is 29.1 Å². The number of rotatable bonds is 3. The summed E-state index contributed by atoms with van der Waals surface area (Å²) in [6.45, 7) is 4.36. The number of hydrogen-bond donors (Lipinski definition) is 1. The minimum Gasteiger partial charge on any atom is -0.481 e. The number of carboxylic acids is 1. The number of nitrogens with zero attached hydrogens (tertiary/aromatic N) is 2. The van der Waals surface area contributed by atoms with Crippen LogP contribution in [0.5, 0.6) is 0 Å². The van der Waals surface area contributed by atoms with Crippen LogP contribution in [0.1, 0.15) is 18.9 Å². The topological polar surface area (TPSA) is 83.7 Å². The first-order valence-electron chi connectivity index (χ1n) is 6.07. The van der Waals surface area contributed by atoms with E-state index >= 15 is 0 Å². The van der Waals surface area contributed by atoms with Gasteiger partial charge >= 0.3 is 5.97 Å². The second-order valence-electron chi connectivity index (χ2n) is 5.29. The third-order valence-electron chi connectivity index (χ3n) is 3.66. The Balaban J connectivity index is 2.36. The lowest BCUT2D eigenvalue weighted by Crippen LogP contribution is -2.31. The maximum absolute atomic E-state index is 11.2. The van der Waals surface area contributed by atoms with E-state index in [-0.39, 0.29) is 5.69 Å². The van der Waals surface area contributed by atoms with E-state index in [1.807, 2.05) is 6.92 Å². The van der Waals surface area contributed by atoms with Crippen molar-refractivity contribution in [1.29, 1.82) is 0 Å². The molecule has 1 aromatic carbocycles.